The Morgan fingerprint density at radius 3 is 2.72 bits per heavy atom. The number of tetrazole rings is 1. The zero-order valence-corrected chi connectivity index (χ0v) is 11.2. The van der Waals surface area contributed by atoms with E-state index in [-0.39, 0.29) is 5.60 Å². The molecule has 0 aliphatic heterocycles. The Kier molecular flexibility index (Phi) is 3.32. The number of ether oxygens (including phenoxy) is 1. The Bertz CT molecular complexity index is 528. The molecule has 0 spiro atoms. The Labute approximate surface area is 107 Å². The fourth-order valence-electron chi connectivity index (χ4n) is 1.66. The van der Waals surface area contributed by atoms with Crippen molar-refractivity contribution in [1.29, 1.82) is 0 Å². The quantitative estimate of drug-likeness (QED) is 0.834. The van der Waals surface area contributed by atoms with E-state index in [0.717, 1.165) is 23.7 Å². The maximum atomic E-state index is 5.83. The first-order chi connectivity index (χ1) is 8.49. The van der Waals surface area contributed by atoms with Crippen LogP contribution in [0.1, 0.15) is 33.5 Å². The number of aromatic nitrogens is 4. The van der Waals surface area contributed by atoms with Gasteiger partial charge in [-0.2, -0.15) is 4.68 Å². The number of hydrogen-bond acceptors (Lipinski definition) is 4. The van der Waals surface area contributed by atoms with Crippen LogP contribution in [0.15, 0.2) is 24.3 Å². The molecule has 0 fully saturated rings. The second-order valence-corrected chi connectivity index (χ2v) is 5.07. The standard InChI is InChI=1S/C13H18N4O/c1-5-12-14-15-16-17(12)10-7-6-8-11(9-10)18-13(2,3)4/h6-9H,5H2,1-4H3. The normalized spacial score (nSPS) is 11.6. The Balaban J connectivity index is 2.33. The topological polar surface area (TPSA) is 52.8 Å². The van der Waals surface area contributed by atoms with Gasteiger partial charge in [-0.1, -0.05) is 13.0 Å². The molecule has 18 heavy (non-hydrogen) atoms. The van der Waals surface area contributed by atoms with Crippen LogP contribution < -0.4 is 4.74 Å². The SMILES string of the molecule is CCc1nnnn1-c1cccc(OC(C)(C)C)c1. The maximum absolute atomic E-state index is 5.83. The lowest BCUT2D eigenvalue weighted by Gasteiger charge is -2.21. The molecule has 0 bridgehead atoms. The van der Waals surface area contributed by atoms with Gasteiger partial charge in [-0.3, -0.25) is 0 Å². The number of rotatable bonds is 3. The lowest BCUT2D eigenvalue weighted by atomic mass is 10.2. The second-order valence-electron chi connectivity index (χ2n) is 5.07. The van der Waals surface area contributed by atoms with Crippen LogP contribution in [-0.4, -0.2) is 25.8 Å². The van der Waals surface area contributed by atoms with Crippen LogP contribution >= 0.6 is 0 Å². The van der Waals surface area contributed by atoms with Crippen molar-refractivity contribution in [2.45, 2.75) is 39.7 Å². The third-order valence-electron chi connectivity index (χ3n) is 2.34. The molecule has 5 heteroatoms. The number of nitrogens with zero attached hydrogens (tertiary/aromatic N) is 4. The summed E-state index contributed by atoms with van der Waals surface area (Å²) in [5, 5.41) is 11.7. The van der Waals surface area contributed by atoms with Crippen molar-refractivity contribution < 1.29 is 4.74 Å². The van der Waals surface area contributed by atoms with Crippen LogP contribution in [0.2, 0.25) is 0 Å². The molecule has 0 atom stereocenters. The summed E-state index contributed by atoms with van der Waals surface area (Å²) in [6, 6.07) is 7.79. The van der Waals surface area contributed by atoms with Crippen molar-refractivity contribution >= 4 is 0 Å². The molecule has 5 nitrogen and oxygen atoms in total. The lowest BCUT2D eigenvalue weighted by molar-refractivity contribution is 0.131. The predicted molar refractivity (Wildman–Crippen MR) is 68.9 cm³/mol. The summed E-state index contributed by atoms with van der Waals surface area (Å²) < 4.78 is 7.56. The van der Waals surface area contributed by atoms with E-state index >= 15 is 0 Å². The third-order valence-corrected chi connectivity index (χ3v) is 2.34. The minimum Gasteiger partial charge on any atom is -0.488 e. The summed E-state index contributed by atoms with van der Waals surface area (Å²) in [6.45, 7) is 8.09. The molecule has 0 N–H and O–H groups in total. The zero-order valence-electron chi connectivity index (χ0n) is 11.2. The third kappa shape index (κ3) is 2.85. The van der Waals surface area contributed by atoms with E-state index < -0.39 is 0 Å². The average Bonchev–Trinajstić information content (AvgIpc) is 2.75. The molecule has 0 saturated carbocycles. The summed E-state index contributed by atoms with van der Waals surface area (Å²) in [5.41, 5.74) is 0.700. The Hall–Kier alpha value is -1.91. The molecule has 0 radical (unpaired) electrons. The summed E-state index contributed by atoms with van der Waals surface area (Å²) >= 11 is 0. The maximum Gasteiger partial charge on any atom is 0.156 e. The summed E-state index contributed by atoms with van der Waals surface area (Å²) in [7, 11) is 0. The fraction of sp³-hybridized carbons (Fsp3) is 0.462. The van der Waals surface area contributed by atoms with Crippen LogP contribution in [-0.2, 0) is 6.42 Å². The molecular weight excluding hydrogens is 228 g/mol. The van der Waals surface area contributed by atoms with E-state index in [1.807, 2.05) is 52.0 Å². The first-order valence-electron chi connectivity index (χ1n) is 6.06. The Morgan fingerprint density at radius 2 is 2.06 bits per heavy atom. The van der Waals surface area contributed by atoms with E-state index in [1.54, 1.807) is 4.68 Å². The lowest BCUT2D eigenvalue weighted by Crippen LogP contribution is -2.23. The smallest absolute Gasteiger partial charge is 0.156 e. The van der Waals surface area contributed by atoms with Crippen LogP contribution in [0.25, 0.3) is 5.69 Å². The van der Waals surface area contributed by atoms with Crippen molar-refractivity contribution in [1.82, 2.24) is 20.2 Å². The van der Waals surface area contributed by atoms with E-state index in [1.165, 1.54) is 0 Å². The molecule has 96 valence electrons. The molecule has 1 aromatic carbocycles. The van der Waals surface area contributed by atoms with Crippen molar-refractivity contribution in [3.8, 4) is 11.4 Å². The number of aryl methyl sites for hydroxylation is 1. The van der Waals surface area contributed by atoms with Gasteiger partial charge in [0.15, 0.2) is 5.82 Å². The van der Waals surface area contributed by atoms with Gasteiger partial charge < -0.3 is 4.74 Å². The minimum absolute atomic E-state index is 0.215. The van der Waals surface area contributed by atoms with E-state index in [9.17, 15) is 0 Å². The molecule has 0 unspecified atom stereocenters. The monoisotopic (exact) mass is 246 g/mol. The van der Waals surface area contributed by atoms with Crippen LogP contribution in [0.4, 0.5) is 0 Å². The van der Waals surface area contributed by atoms with Gasteiger partial charge in [0.05, 0.1) is 5.69 Å². The highest BCUT2D eigenvalue weighted by atomic mass is 16.5. The first-order valence-corrected chi connectivity index (χ1v) is 6.06. The number of hydrogen-bond donors (Lipinski definition) is 0. The van der Waals surface area contributed by atoms with E-state index in [4.69, 9.17) is 4.74 Å². The van der Waals surface area contributed by atoms with Gasteiger partial charge in [0, 0.05) is 12.5 Å². The zero-order chi connectivity index (χ0) is 13.2. The molecule has 0 aliphatic carbocycles. The van der Waals surface area contributed by atoms with E-state index in [0.29, 0.717) is 0 Å². The van der Waals surface area contributed by atoms with Gasteiger partial charge in [-0.05, 0) is 43.3 Å². The van der Waals surface area contributed by atoms with Crippen molar-refractivity contribution in [2.75, 3.05) is 0 Å². The second kappa shape index (κ2) is 4.76. The van der Waals surface area contributed by atoms with Gasteiger partial charge in [0.25, 0.3) is 0 Å². The summed E-state index contributed by atoms with van der Waals surface area (Å²) in [6.07, 6.45) is 0.789. The van der Waals surface area contributed by atoms with Crippen LogP contribution in [0.5, 0.6) is 5.75 Å². The van der Waals surface area contributed by atoms with Gasteiger partial charge >= 0.3 is 0 Å². The molecule has 1 heterocycles. The van der Waals surface area contributed by atoms with Crippen LogP contribution in [0, 0.1) is 0 Å². The highest BCUT2D eigenvalue weighted by molar-refractivity contribution is 5.39. The minimum atomic E-state index is -0.215. The molecule has 1 aromatic heterocycles. The van der Waals surface area contributed by atoms with Crippen molar-refractivity contribution in [2.24, 2.45) is 0 Å². The van der Waals surface area contributed by atoms with E-state index in [2.05, 4.69) is 15.5 Å². The molecule has 2 rings (SSSR count). The van der Waals surface area contributed by atoms with Crippen LogP contribution in [0.3, 0.4) is 0 Å². The van der Waals surface area contributed by atoms with Gasteiger partial charge in [0.1, 0.15) is 11.4 Å². The van der Waals surface area contributed by atoms with Crippen molar-refractivity contribution in [3.63, 3.8) is 0 Å². The highest BCUT2D eigenvalue weighted by Crippen LogP contribution is 2.21. The molecule has 0 saturated heterocycles. The molecule has 0 aliphatic rings. The fourth-order valence-corrected chi connectivity index (χ4v) is 1.66. The number of benzene rings is 1. The van der Waals surface area contributed by atoms with Crippen molar-refractivity contribution in [3.05, 3.63) is 30.1 Å². The predicted octanol–water partition coefficient (Wildman–Crippen LogP) is 2.40. The summed E-state index contributed by atoms with van der Waals surface area (Å²) in [5.74, 6) is 1.65. The van der Waals surface area contributed by atoms with Gasteiger partial charge in [-0.15, -0.1) is 5.10 Å². The van der Waals surface area contributed by atoms with Gasteiger partial charge in [-0.25, -0.2) is 0 Å². The molecule has 2 aromatic rings. The first kappa shape index (κ1) is 12.5. The molecule has 0 amide bonds. The highest BCUT2D eigenvalue weighted by Gasteiger charge is 2.13. The average molecular weight is 246 g/mol. The molecular formula is C13H18N4O. The Morgan fingerprint density at radius 1 is 1.28 bits per heavy atom. The summed E-state index contributed by atoms with van der Waals surface area (Å²) in [4.78, 5) is 0. The largest absolute Gasteiger partial charge is 0.488 e. The van der Waals surface area contributed by atoms with Gasteiger partial charge in [0.2, 0.25) is 0 Å².